The van der Waals surface area contributed by atoms with Crippen molar-refractivity contribution in [3.63, 3.8) is 0 Å². The molecule has 0 bridgehead atoms. The van der Waals surface area contributed by atoms with E-state index in [1.807, 2.05) is 5.01 Å². The Bertz CT molecular complexity index is 186. The highest BCUT2D eigenvalue weighted by Crippen LogP contribution is 2.32. The maximum atomic E-state index is 11.4. The molecule has 0 radical (unpaired) electrons. The minimum Gasteiger partial charge on any atom is -0.379 e. The minimum absolute atomic E-state index is 0.171. The Hall–Kier alpha value is -0.610. The number of morpholine rings is 1. The van der Waals surface area contributed by atoms with E-state index in [-0.39, 0.29) is 5.91 Å². The topological polar surface area (TPSA) is 41.6 Å². The molecule has 1 saturated heterocycles. The van der Waals surface area contributed by atoms with E-state index in [2.05, 4.69) is 5.43 Å². The normalized spacial score (nSPS) is 24.3. The quantitative estimate of drug-likeness (QED) is 0.679. The summed E-state index contributed by atoms with van der Waals surface area (Å²) in [5.74, 6) is 0.838. The summed E-state index contributed by atoms with van der Waals surface area (Å²) in [6.07, 6.45) is 3.17. The summed E-state index contributed by atoms with van der Waals surface area (Å²) in [5, 5.41) is 1.95. The lowest BCUT2D eigenvalue weighted by molar-refractivity contribution is -0.128. The summed E-state index contributed by atoms with van der Waals surface area (Å²) < 4.78 is 5.18. The first-order valence-corrected chi connectivity index (χ1v) is 4.97. The average molecular weight is 184 g/mol. The molecule has 1 aliphatic heterocycles. The second kappa shape index (κ2) is 4.07. The highest BCUT2D eigenvalue weighted by Gasteiger charge is 2.25. The molecule has 1 N–H and O–H groups in total. The van der Waals surface area contributed by atoms with E-state index in [9.17, 15) is 4.79 Å². The number of ether oxygens (including phenoxy) is 1. The fraction of sp³-hybridized carbons (Fsp3) is 0.889. The van der Waals surface area contributed by atoms with Crippen LogP contribution in [0.15, 0.2) is 0 Å². The molecular formula is C9H16N2O2. The number of rotatable bonds is 3. The van der Waals surface area contributed by atoms with Crippen LogP contribution in [0.5, 0.6) is 0 Å². The molecule has 0 aromatic heterocycles. The van der Waals surface area contributed by atoms with Crippen LogP contribution >= 0.6 is 0 Å². The second-order valence-electron chi connectivity index (χ2n) is 3.78. The molecule has 0 atom stereocenters. The molecule has 13 heavy (non-hydrogen) atoms. The van der Waals surface area contributed by atoms with Gasteiger partial charge in [-0.05, 0) is 18.8 Å². The zero-order chi connectivity index (χ0) is 9.10. The van der Waals surface area contributed by atoms with Crippen molar-refractivity contribution >= 4 is 5.91 Å². The average Bonchev–Trinajstić information content (AvgIpc) is 2.90. The Labute approximate surface area is 78.2 Å². The summed E-state index contributed by atoms with van der Waals surface area (Å²) >= 11 is 0. The summed E-state index contributed by atoms with van der Waals surface area (Å²) in [7, 11) is 0. The molecule has 0 unspecified atom stereocenters. The molecule has 74 valence electrons. The SMILES string of the molecule is O=C(CC1CC1)NN1CCOCC1. The first-order valence-electron chi connectivity index (χ1n) is 4.97. The van der Waals surface area contributed by atoms with Gasteiger partial charge in [0, 0.05) is 19.5 Å². The van der Waals surface area contributed by atoms with Crippen LogP contribution in [-0.2, 0) is 9.53 Å². The fourth-order valence-corrected chi connectivity index (χ4v) is 1.48. The number of carbonyl (C=O) groups excluding carboxylic acids is 1. The van der Waals surface area contributed by atoms with Crippen LogP contribution in [0.25, 0.3) is 0 Å². The van der Waals surface area contributed by atoms with Crippen LogP contribution in [0, 0.1) is 5.92 Å². The van der Waals surface area contributed by atoms with Gasteiger partial charge in [-0.2, -0.15) is 0 Å². The molecule has 0 aromatic rings. The van der Waals surface area contributed by atoms with Gasteiger partial charge in [0.05, 0.1) is 13.2 Å². The van der Waals surface area contributed by atoms with E-state index in [4.69, 9.17) is 4.74 Å². The third-order valence-electron chi connectivity index (χ3n) is 2.46. The van der Waals surface area contributed by atoms with Gasteiger partial charge in [-0.15, -0.1) is 0 Å². The predicted octanol–water partition coefficient (Wildman–Crippen LogP) is 0.150. The van der Waals surface area contributed by atoms with Gasteiger partial charge in [-0.3, -0.25) is 10.2 Å². The summed E-state index contributed by atoms with van der Waals surface area (Å²) in [6, 6.07) is 0. The second-order valence-corrected chi connectivity index (χ2v) is 3.78. The third-order valence-corrected chi connectivity index (χ3v) is 2.46. The van der Waals surface area contributed by atoms with Crippen LogP contribution in [-0.4, -0.2) is 37.2 Å². The van der Waals surface area contributed by atoms with Crippen molar-refractivity contribution in [2.24, 2.45) is 5.92 Å². The number of amides is 1. The first kappa shape index (κ1) is 8.97. The van der Waals surface area contributed by atoms with Crippen LogP contribution in [0.3, 0.4) is 0 Å². The summed E-state index contributed by atoms with van der Waals surface area (Å²) in [4.78, 5) is 11.4. The van der Waals surface area contributed by atoms with E-state index in [1.165, 1.54) is 12.8 Å². The van der Waals surface area contributed by atoms with Gasteiger partial charge in [0.25, 0.3) is 0 Å². The highest BCUT2D eigenvalue weighted by atomic mass is 16.5. The van der Waals surface area contributed by atoms with Crippen molar-refractivity contribution in [2.75, 3.05) is 26.3 Å². The van der Waals surface area contributed by atoms with Crippen molar-refractivity contribution in [2.45, 2.75) is 19.3 Å². The van der Waals surface area contributed by atoms with E-state index in [1.54, 1.807) is 0 Å². The number of hydrogen-bond donors (Lipinski definition) is 1. The van der Waals surface area contributed by atoms with E-state index >= 15 is 0 Å². The monoisotopic (exact) mass is 184 g/mol. The van der Waals surface area contributed by atoms with Gasteiger partial charge in [-0.25, -0.2) is 5.01 Å². The van der Waals surface area contributed by atoms with Crippen LogP contribution in [0.1, 0.15) is 19.3 Å². The van der Waals surface area contributed by atoms with Crippen molar-refractivity contribution in [3.8, 4) is 0 Å². The van der Waals surface area contributed by atoms with E-state index in [0.29, 0.717) is 12.3 Å². The Morgan fingerprint density at radius 2 is 2.08 bits per heavy atom. The number of hydrogen-bond acceptors (Lipinski definition) is 3. The largest absolute Gasteiger partial charge is 0.379 e. The molecular weight excluding hydrogens is 168 g/mol. The number of nitrogens with one attached hydrogen (secondary N) is 1. The molecule has 2 rings (SSSR count). The van der Waals surface area contributed by atoms with Gasteiger partial charge < -0.3 is 4.74 Å². The first-order chi connectivity index (χ1) is 6.34. The van der Waals surface area contributed by atoms with Crippen molar-refractivity contribution in [1.29, 1.82) is 0 Å². The number of hydrazine groups is 1. The van der Waals surface area contributed by atoms with Gasteiger partial charge in [0.15, 0.2) is 0 Å². The van der Waals surface area contributed by atoms with Crippen LogP contribution in [0.2, 0.25) is 0 Å². The Morgan fingerprint density at radius 3 is 2.69 bits per heavy atom. The molecule has 1 heterocycles. The predicted molar refractivity (Wildman–Crippen MR) is 47.9 cm³/mol. The van der Waals surface area contributed by atoms with E-state index in [0.717, 1.165) is 26.3 Å². The van der Waals surface area contributed by atoms with E-state index < -0.39 is 0 Å². The standard InChI is InChI=1S/C9H16N2O2/c12-9(7-8-1-2-8)10-11-3-5-13-6-4-11/h8H,1-7H2,(H,10,12). The number of nitrogens with zero attached hydrogens (tertiary/aromatic N) is 1. The lowest BCUT2D eigenvalue weighted by atomic mass is 10.3. The molecule has 2 fully saturated rings. The highest BCUT2D eigenvalue weighted by molar-refractivity contribution is 5.75. The maximum Gasteiger partial charge on any atom is 0.234 e. The Balaban J connectivity index is 1.66. The molecule has 0 spiro atoms. The Morgan fingerprint density at radius 1 is 1.38 bits per heavy atom. The Kier molecular flexibility index (Phi) is 2.80. The smallest absolute Gasteiger partial charge is 0.234 e. The third kappa shape index (κ3) is 2.97. The lowest BCUT2D eigenvalue weighted by Gasteiger charge is -2.26. The zero-order valence-corrected chi connectivity index (χ0v) is 7.79. The van der Waals surface area contributed by atoms with Crippen molar-refractivity contribution in [3.05, 3.63) is 0 Å². The molecule has 1 amide bonds. The summed E-state index contributed by atoms with van der Waals surface area (Å²) in [6.45, 7) is 3.08. The molecule has 4 nitrogen and oxygen atoms in total. The van der Waals surface area contributed by atoms with Gasteiger partial charge in [0.1, 0.15) is 0 Å². The minimum atomic E-state index is 0.171. The van der Waals surface area contributed by atoms with Gasteiger partial charge in [0.2, 0.25) is 5.91 Å². The molecule has 1 saturated carbocycles. The van der Waals surface area contributed by atoms with Gasteiger partial charge >= 0.3 is 0 Å². The van der Waals surface area contributed by atoms with Gasteiger partial charge in [-0.1, -0.05) is 0 Å². The fourth-order valence-electron chi connectivity index (χ4n) is 1.48. The number of carbonyl (C=O) groups is 1. The lowest BCUT2D eigenvalue weighted by Crippen LogP contribution is -2.48. The van der Waals surface area contributed by atoms with Crippen LogP contribution in [0.4, 0.5) is 0 Å². The molecule has 2 aliphatic rings. The maximum absolute atomic E-state index is 11.4. The molecule has 4 heteroatoms. The molecule has 1 aliphatic carbocycles. The van der Waals surface area contributed by atoms with Crippen molar-refractivity contribution in [1.82, 2.24) is 10.4 Å². The molecule has 0 aromatic carbocycles. The summed E-state index contributed by atoms with van der Waals surface area (Å²) in [5.41, 5.74) is 2.90. The zero-order valence-electron chi connectivity index (χ0n) is 7.79. The van der Waals surface area contributed by atoms with Crippen molar-refractivity contribution < 1.29 is 9.53 Å². The van der Waals surface area contributed by atoms with Crippen LogP contribution < -0.4 is 5.43 Å².